The van der Waals surface area contributed by atoms with Crippen LogP contribution in [0.2, 0.25) is 0 Å². The molecule has 2 aromatic rings. The molecular weight excluding hydrogens is 276 g/mol. The minimum absolute atomic E-state index is 0.399. The Morgan fingerprint density at radius 1 is 1.14 bits per heavy atom. The van der Waals surface area contributed by atoms with Crippen molar-refractivity contribution in [2.75, 3.05) is 0 Å². The molecule has 4 heteroatoms. The topological polar surface area (TPSA) is 54.9 Å². The normalized spacial score (nSPS) is 15.1. The largest absolute Gasteiger partial charge is 0.317 e. The van der Waals surface area contributed by atoms with Crippen molar-refractivity contribution in [3.63, 3.8) is 0 Å². The Hall–Kier alpha value is -2.88. The second kappa shape index (κ2) is 4.84. The summed E-state index contributed by atoms with van der Waals surface area (Å²) in [5.74, 6) is 0. The van der Waals surface area contributed by atoms with Gasteiger partial charge in [-0.2, -0.15) is 0 Å². The Kier molecular flexibility index (Phi) is 2.82. The predicted molar refractivity (Wildman–Crippen MR) is 85.8 cm³/mol. The molecule has 2 aliphatic rings. The van der Waals surface area contributed by atoms with Crippen LogP contribution in [0.1, 0.15) is 12.0 Å². The highest BCUT2D eigenvalue weighted by Gasteiger charge is 2.14. The first kappa shape index (κ1) is 12.8. The molecule has 0 fully saturated rings. The Balaban J connectivity index is 2.07. The molecule has 0 atom stereocenters. The number of hydrogen-bond acceptors (Lipinski definition) is 2. The molecular formula is C18H14N2O2. The van der Waals surface area contributed by atoms with Crippen LogP contribution in [0.5, 0.6) is 0 Å². The number of benzene rings is 1. The lowest BCUT2D eigenvalue weighted by molar-refractivity contribution is 0.696. The van der Waals surface area contributed by atoms with Gasteiger partial charge in [-0.3, -0.25) is 14.2 Å². The summed E-state index contributed by atoms with van der Waals surface area (Å²) in [5.41, 5.74) is 2.13. The molecule has 1 heterocycles. The van der Waals surface area contributed by atoms with Crippen molar-refractivity contribution in [2.24, 2.45) is 0 Å². The molecule has 0 saturated carbocycles. The van der Waals surface area contributed by atoms with Crippen molar-refractivity contribution in [1.82, 2.24) is 9.55 Å². The maximum Gasteiger partial charge on any atom is 0.317 e. The minimum Gasteiger partial charge on any atom is -0.316 e. The third-order valence-electron chi connectivity index (χ3n) is 4.03. The SMILES string of the molecule is O=c1[nH]c2c(n(Cc3ccccc3)c1=O)=C1C=CC=C(C=2)C1. The van der Waals surface area contributed by atoms with Gasteiger partial charge in [0.25, 0.3) is 0 Å². The van der Waals surface area contributed by atoms with Gasteiger partial charge in [-0.05, 0) is 29.2 Å². The Bertz CT molecular complexity index is 1050. The summed E-state index contributed by atoms with van der Waals surface area (Å²) in [6.45, 7) is 0.399. The van der Waals surface area contributed by atoms with Gasteiger partial charge < -0.3 is 4.98 Å². The smallest absolute Gasteiger partial charge is 0.316 e. The molecule has 22 heavy (non-hydrogen) atoms. The fraction of sp³-hybridized carbons (Fsp3) is 0.111. The molecule has 2 aliphatic carbocycles. The van der Waals surface area contributed by atoms with E-state index in [0.717, 1.165) is 33.8 Å². The highest BCUT2D eigenvalue weighted by Crippen LogP contribution is 2.19. The summed E-state index contributed by atoms with van der Waals surface area (Å²) in [4.78, 5) is 27.0. The van der Waals surface area contributed by atoms with Crippen LogP contribution in [0, 0.1) is 0 Å². The van der Waals surface area contributed by atoms with E-state index >= 15 is 0 Å². The van der Waals surface area contributed by atoms with Gasteiger partial charge in [0.05, 0.1) is 17.2 Å². The van der Waals surface area contributed by atoms with E-state index in [4.69, 9.17) is 0 Å². The molecule has 0 aliphatic heterocycles. The number of hydrogen-bond donors (Lipinski definition) is 1. The lowest BCUT2D eigenvalue weighted by Crippen LogP contribution is -2.55. The molecule has 2 bridgehead atoms. The molecule has 1 aromatic carbocycles. The fourth-order valence-corrected chi connectivity index (χ4v) is 3.04. The average molecular weight is 290 g/mol. The van der Waals surface area contributed by atoms with Gasteiger partial charge in [0.1, 0.15) is 0 Å². The first-order valence-corrected chi connectivity index (χ1v) is 7.21. The fourth-order valence-electron chi connectivity index (χ4n) is 3.04. The first-order chi connectivity index (χ1) is 10.7. The van der Waals surface area contributed by atoms with Crippen LogP contribution in [-0.4, -0.2) is 9.55 Å². The summed E-state index contributed by atoms with van der Waals surface area (Å²) in [7, 11) is 0. The van der Waals surface area contributed by atoms with Gasteiger partial charge in [0.2, 0.25) is 0 Å². The van der Waals surface area contributed by atoms with E-state index in [9.17, 15) is 9.59 Å². The maximum absolute atomic E-state index is 12.4. The maximum atomic E-state index is 12.4. The van der Waals surface area contributed by atoms with E-state index in [1.54, 1.807) is 4.57 Å². The van der Waals surface area contributed by atoms with E-state index in [1.165, 1.54) is 0 Å². The molecule has 0 unspecified atom stereocenters. The van der Waals surface area contributed by atoms with Crippen molar-refractivity contribution in [2.45, 2.75) is 13.0 Å². The van der Waals surface area contributed by atoms with E-state index in [0.29, 0.717) is 6.54 Å². The third-order valence-corrected chi connectivity index (χ3v) is 4.03. The number of aromatic nitrogens is 2. The number of allylic oxidation sites excluding steroid dienone is 4. The van der Waals surface area contributed by atoms with E-state index < -0.39 is 11.1 Å². The molecule has 0 saturated heterocycles. The van der Waals surface area contributed by atoms with Gasteiger partial charge >= 0.3 is 11.1 Å². The Morgan fingerprint density at radius 3 is 2.77 bits per heavy atom. The van der Waals surface area contributed by atoms with Crippen LogP contribution in [0.15, 0.2) is 63.7 Å². The van der Waals surface area contributed by atoms with Gasteiger partial charge in [-0.25, -0.2) is 0 Å². The van der Waals surface area contributed by atoms with E-state index in [2.05, 4.69) is 4.98 Å². The van der Waals surface area contributed by atoms with Crippen molar-refractivity contribution in [3.05, 3.63) is 91.1 Å². The Labute approximate surface area is 126 Å². The molecule has 4 rings (SSSR count). The number of nitrogens with one attached hydrogen (secondary N) is 1. The second-order valence-corrected chi connectivity index (χ2v) is 5.54. The molecule has 0 spiro atoms. The van der Waals surface area contributed by atoms with Crippen LogP contribution in [0.25, 0.3) is 11.6 Å². The van der Waals surface area contributed by atoms with Crippen LogP contribution < -0.4 is 21.8 Å². The van der Waals surface area contributed by atoms with Crippen LogP contribution >= 0.6 is 0 Å². The highest BCUT2D eigenvalue weighted by molar-refractivity contribution is 5.70. The molecule has 1 aromatic heterocycles. The van der Waals surface area contributed by atoms with Gasteiger partial charge in [-0.1, -0.05) is 48.6 Å². The van der Waals surface area contributed by atoms with Crippen LogP contribution in [0.4, 0.5) is 0 Å². The van der Waals surface area contributed by atoms with Crippen molar-refractivity contribution >= 4 is 11.6 Å². The van der Waals surface area contributed by atoms with Crippen molar-refractivity contribution in [3.8, 4) is 0 Å². The number of aromatic amines is 1. The standard InChI is InChI=1S/C18H14N2O2/c21-17-18(22)20(11-12-5-2-1-3-6-12)16-14-8-4-7-13(9-14)10-15(16)19-17/h1-8,10H,9,11H2,(H,19,21). The van der Waals surface area contributed by atoms with Crippen molar-refractivity contribution in [1.29, 1.82) is 0 Å². The van der Waals surface area contributed by atoms with Gasteiger partial charge in [0.15, 0.2) is 0 Å². The number of fused-ring (bicyclic) bond motifs is 3. The lowest BCUT2D eigenvalue weighted by atomic mass is 9.95. The monoisotopic (exact) mass is 290 g/mol. The van der Waals surface area contributed by atoms with Gasteiger partial charge in [0, 0.05) is 0 Å². The zero-order chi connectivity index (χ0) is 15.1. The average Bonchev–Trinajstić information content (AvgIpc) is 2.53. The summed E-state index contributed by atoms with van der Waals surface area (Å²) in [6.07, 6.45) is 8.76. The second-order valence-electron chi connectivity index (χ2n) is 5.54. The lowest BCUT2D eigenvalue weighted by Gasteiger charge is -2.17. The summed E-state index contributed by atoms with van der Waals surface area (Å²) in [6, 6.07) is 9.71. The summed E-state index contributed by atoms with van der Waals surface area (Å²) < 4.78 is 1.59. The quantitative estimate of drug-likeness (QED) is 0.815. The first-order valence-electron chi connectivity index (χ1n) is 7.21. The number of nitrogens with zero attached hydrogens (tertiary/aromatic N) is 1. The molecule has 0 amide bonds. The predicted octanol–water partition coefficient (Wildman–Crippen LogP) is 0.416. The number of rotatable bonds is 2. The summed E-state index contributed by atoms with van der Waals surface area (Å²) >= 11 is 0. The molecule has 1 N–H and O–H groups in total. The third kappa shape index (κ3) is 2.00. The zero-order valence-electron chi connectivity index (χ0n) is 11.9. The minimum atomic E-state index is -0.573. The van der Waals surface area contributed by atoms with Gasteiger partial charge in [-0.15, -0.1) is 0 Å². The van der Waals surface area contributed by atoms with Crippen LogP contribution in [-0.2, 0) is 6.54 Å². The summed E-state index contributed by atoms with van der Waals surface area (Å²) in [5, 5.41) is 1.54. The molecule has 0 radical (unpaired) electrons. The molecule has 4 nitrogen and oxygen atoms in total. The Morgan fingerprint density at radius 2 is 1.95 bits per heavy atom. The van der Waals surface area contributed by atoms with Crippen LogP contribution in [0.3, 0.4) is 0 Å². The molecule has 108 valence electrons. The van der Waals surface area contributed by atoms with E-state index in [1.807, 2.05) is 54.6 Å². The van der Waals surface area contributed by atoms with Crippen molar-refractivity contribution < 1.29 is 0 Å². The zero-order valence-corrected chi connectivity index (χ0v) is 11.9. The van der Waals surface area contributed by atoms with E-state index in [-0.39, 0.29) is 0 Å². The number of H-pyrrole nitrogens is 1. The highest BCUT2D eigenvalue weighted by atomic mass is 16.2.